The van der Waals surface area contributed by atoms with E-state index in [0.717, 1.165) is 0 Å². The fourth-order valence-corrected chi connectivity index (χ4v) is 1.61. The lowest BCUT2D eigenvalue weighted by atomic mass is 10.1. The first-order valence-electron chi connectivity index (χ1n) is 6.14. The van der Waals surface area contributed by atoms with Crippen molar-refractivity contribution in [1.82, 2.24) is 5.32 Å². The predicted molar refractivity (Wildman–Crippen MR) is 70.0 cm³/mol. The average Bonchev–Trinajstić information content (AvgIpc) is 2.46. The van der Waals surface area contributed by atoms with Gasteiger partial charge >= 0.3 is 6.09 Å². The molecule has 0 unspecified atom stereocenters. The normalized spacial score (nSPS) is 18.2. The zero-order chi connectivity index (χ0) is 13.9. The van der Waals surface area contributed by atoms with Gasteiger partial charge in [0.15, 0.2) is 5.78 Å². The van der Waals surface area contributed by atoms with E-state index in [1.807, 2.05) is 19.9 Å². The van der Waals surface area contributed by atoms with Crippen molar-refractivity contribution in [2.45, 2.75) is 46.6 Å². The van der Waals surface area contributed by atoms with Crippen LogP contribution < -0.4 is 5.32 Å². The van der Waals surface area contributed by atoms with Crippen molar-refractivity contribution in [1.29, 1.82) is 0 Å². The van der Waals surface area contributed by atoms with Gasteiger partial charge in [0.1, 0.15) is 5.60 Å². The number of ether oxygens (including phenoxy) is 1. The summed E-state index contributed by atoms with van der Waals surface area (Å²) in [6.07, 6.45) is 3.39. The highest BCUT2D eigenvalue weighted by molar-refractivity contribution is 6.04. The number of amides is 1. The van der Waals surface area contributed by atoms with Crippen molar-refractivity contribution in [3.63, 3.8) is 0 Å². The number of nitrogens with one attached hydrogen (secondary N) is 1. The molecule has 0 saturated carbocycles. The van der Waals surface area contributed by atoms with Crippen molar-refractivity contribution in [3.05, 3.63) is 23.4 Å². The Hall–Kier alpha value is -1.58. The Bertz CT molecular complexity index is 411. The van der Waals surface area contributed by atoms with Gasteiger partial charge in [-0.15, -0.1) is 0 Å². The maximum atomic E-state index is 11.7. The van der Waals surface area contributed by atoms with E-state index in [2.05, 4.69) is 5.32 Å². The minimum Gasteiger partial charge on any atom is -0.444 e. The summed E-state index contributed by atoms with van der Waals surface area (Å²) >= 11 is 0. The molecule has 18 heavy (non-hydrogen) atoms. The first kappa shape index (κ1) is 14.5. The van der Waals surface area contributed by atoms with E-state index in [1.165, 1.54) is 0 Å². The molecule has 1 N–H and O–H groups in total. The molecule has 0 atom stereocenters. The topological polar surface area (TPSA) is 55.4 Å². The van der Waals surface area contributed by atoms with Crippen LogP contribution in [0.3, 0.4) is 0 Å². The molecule has 0 aliphatic heterocycles. The number of carbonyl (C=O) groups is 2. The molecule has 0 aromatic rings. The van der Waals surface area contributed by atoms with Crippen LogP contribution in [0.2, 0.25) is 0 Å². The SMILES string of the molecule is CC(C)C=C1C(=O)CC=C1NC(=O)OC(C)(C)C. The molecule has 0 heterocycles. The Labute approximate surface area is 108 Å². The molecule has 0 aromatic carbocycles. The number of rotatable bonds is 2. The molecule has 0 spiro atoms. The van der Waals surface area contributed by atoms with Gasteiger partial charge in [0, 0.05) is 12.0 Å². The second-order valence-electron chi connectivity index (χ2n) is 5.70. The van der Waals surface area contributed by atoms with Gasteiger partial charge in [0.2, 0.25) is 0 Å². The largest absolute Gasteiger partial charge is 0.444 e. The first-order chi connectivity index (χ1) is 8.19. The summed E-state index contributed by atoms with van der Waals surface area (Å²) in [7, 11) is 0. The third-order valence-corrected chi connectivity index (χ3v) is 2.22. The molecule has 0 radical (unpaired) electrons. The Morgan fingerprint density at radius 1 is 1.44 bits per heavy atom. The molecular weight excluding hydrogens is 230 g/mol. The van der Waals surface area contributed by atoms with Crippen molar-refractivity contribution < 1.29 is 14.3 Å². The number of hydrogen-bond acceptors (Lipinski definition) is 3. The molecule has 1 amide bonds. The molecule has 0 aromatic heterocycles. The zero-order valence-corrected chi connectivity index (χ0v) is 11.7. The summed E-state index contributed by atoms with van der Waals surface area (Å²) in [6.45, 7) is 9.37. The second-order valence-corrected chi connectivity index (χ2v) is 5.70. The van der Waals surface area contributed by atoms with E-state index in [1.54, 1.807) is 26.8 Å². The standard InChI is InChI=1S/C14H21NO3/c1-9(2)8-10-11(6-7-12(10)16)15-13(17)18-14(3,4)5/h6,8-9H,7H2,1-5H3,(H,15,17). The van der Waals surface area contributed by atoms with Crippen LogP contribution in [-0.4, -0.2) is 17.5 Å². The molecule has 1 aliphatic rings. The quantitative estimate of drug-likeness (QED) is 0.768. The van der Waals surface area contributed by atoms with Gasteiger partial charge in [0.25, 0.3) is 0 Å². The molecule has 0 bridgehead atoms. The summed E-state index contributed by atoms with van der Waals surface area (Å²) in [6, 6.07) is 0. The van der Waals surface area contributed by atoms with Crippen LogP contribution in [0.25, 0.3) is 0 Å². The number of alkyl carbamates (subject to hydrolysis) is 1. The lowest BCUT2D eigenvalue weighted by Gasteiger charge is -2.20. The second kappa shape index (κ2) is 5.38. The predicted octanol–water partition coefficient (Wildman–Crippen LogP) is 2.95. The monoisotopic (exact) mass is 251 g/mol. The van der Waals surface area contributed by atoms with Crippen LogP contribution in [-0.2, 0) is 9.53 Å². The third-order valence-electron chi connectivity index (χ3n) is 2.22. The van der Waals surface area contributed by atoms with Crippen LogP contribution >= 0.6 is 0 Å². The molecule has 0 fully saturated rings. The van der Waals surface area contributed by atoms with E-state index in [4.69, 9.17) is 4.74 Å². The van der Waals surface area contributed by atoms with Crippen molar-refractivity contribution in [3.8, 4) is 0 Å². The maximum Gasteiger partial charge on any atom is 0.412 e. The summed E-state index contributed by atoms with van der Waals surface area (Å²) in [5.41, 5.74) is 0.591. The number of hydrogen-bond donors (Lipinski definition) is 1. The lowest BCUT2D eigenvalue weighted by molar-refractivity contribution is -0.114. The minimum absolute atomic E-state index is 0.0368. The first-order valence-corrected chi connectivity index (χ1v) is 6.14. The van der Waals surface area contributed by atoms with E-state index < -0.39 is 11.7 Å². The smallest absolute Gasteiger partial charge is 0.412 e. The zero-order valence-electron chi connectivity index (χ0n) is 11.7. The van der Waals surface area contributed by atoms with Gasteiger partial charge in [-0.1, -0.05) is 26.0 Å². The molecule has 1 rings (SSSR count). The molecule has 1 aliphatic carbocycles. The Morgan fingerprint density at radius 2 is 2.06 bits per heavy atom. The Balaban J connectivity index is 2.73. The summed E-state index contributed by atoms with van der Waals surface area (Å²) in [5, 5.41) is 2.63. The van der Waals surface area contributed by atoms with Crippen molar-refractivity contribution in [2.75, 3.05) is 0 Å². The van der Waals surface area contributed by atoms with E-state index in [9.17, 15) is 9.59 Å². The van der Waals surface area contributed by atoms with Gasteiger partial charge in [0.05, 0.1) is 5.70 Å². The number of ketones is 1. The molecule has 4 nitrogen and oxygen atoms in total. The van der Waals surface area contributed by atoms with Crippen LogP contribution in [0, 0.1) is 5.92 Å². The fourth-order valence-electron chi connectivity index (χ4n) is 1.61. The highest BCUT2D eigenvalue weighted by Gasteiger charge is 2.24. The van der Waals surface area contributed by atoms with Crippen LogP contribution in [0.5, 0.6) is 0 Å². The van der Waals surface area contributed by atoms with Gasteiger partial charge < -0.3 is 4.74 Å². The van der Waals surface area contributed by atoms with E-state index in [0.29, 0.717) is 17.7 Å². The van der Waals surface area contributed by atoms with Crippen LogP contribution in [0.4, 0.5) is 4.79 Å². The highest BCUT2D eigenvalue weighted by atomic mass is 16.6. The molecule has 4 heteroatoms. The van der Waals surface area contributed by atoms with Crippen molar-refractivity contribution >= 4 is 11.9 Å². The summed E-state index contributed by atoms with van der Waals surface area (Å²) in [4.78, 5) is 23.3. The summed E-state index contributed by atoms with van der Waals surface area (Å²) in [5.74, 6) is 0.292. The number of carbonyl (C=O) groups excluding carboxylic acids is 2. The van der Waals surface area contributed by atoms with E-state index in [-0.39, 0.29) is 11.7 Å². The van der Waals surface area contributed by atoms with Gasteiger partial charge in [-0.2, -0.15) is 0 Å². The van der Waals surface area contributed by atoms with E-state index >= 15 is 0 Å². The lowest BCUT2D eigenvalue weighted by Crippen LogP contribution is -2.32. The van der Waals surface area contributed by atoms with Gasteiger partial charge in [-0.3, -0.25) is 10.1 Å². The van der Waals surface area contributed by atoms with Crippen LogP contribution in [0.15, 0.2) is 23.4 Å². The Kier molecular flexibility index (Phi) is 4.33. The van der Waals surface area contributed by atoms with Gasteiger partial charge in [-0.25, -0.2) is 4.79 Å². The molecule has 100 valence electrons. The Morgan fingerprint density at radius 3 is 2.56 bits per heavy atom. The molecular formula is C14H21NO3. The third kappa shape index (κ3) is 4.35. The number of Topliss-reactive ketones (excluding diaryl/α,β-unsaturated/α-hetero) is 1. The number of allylic oxidation sites excluding steroid dienone is 3. The van der Waals surface area contributed by atoms with Crippen LogP contribution in [0.1, 0.15) is 41.0 Å². The maximum absolute atomic E-state index is 11.7. The average molecular weight is 251 g/mol. The minimum atomic E-state index is -0.546. The summed E-state index contributed by atoms with van der Waals surface area (Å²) < 4.78 is 5.16. The van der Waals surface area contributed by atoms with Crippen molar-refractivity contribution in [2.24, 2.45) is 5.92 Å². The fraction of sp³-hybridized carbons (Fsp3) is 0.571. The van der Waals surface area contributed by atoms with Gasteiger partial charge in [-0.05, 0) is 26.7 Å². The molecule has 0 saturated heterocycles. The highest BCUT2D eigenvalue weighted by Crippen LogP contribution is 2.21.